The maximum absolute atomic E-state index is 11.5. The first-order chi connectivity index (χ1) is 7.98. The third-order valence-corrected chi connectivity index (χ3v) is 3.58. The van der Waals surface area contributed by atoms with Crippen LogP contribution in [0.15, 0.2) is 24.3 Å². The monoisotopic (exact) mass is 257 g/mol. The lowest BCUT2D eigenvalue weighted by Gasteiger charge is -2.13. The van der Waals surface area contributed by atoms with Crippen molar-refractivity contribution in [1.82, 2.24) is 10.0 Å². The fourth-order valence-electron chi connectivity index (χ4n) is 1.42. The third-order valence-electron chi connectivity index (χ3n) is 2.41. The molecule has 1 unspecified atom stereocenters. The minimum absolute atomic E-state index is 0.179. The first kappa shape index (κ1) is 14.0. The molecule has 5 nitrogen and oxygen atoms in total. The average molecular weight is 257 g/mol. The molecule has 0 bridgehead atoms. The Labute approximate surface area is 103 Å². The van der Waals surface area contributed by atoms with Gasteiger partial charge in [-0.2, -0.15) is 13.1 Å². The van der Waals surface area contributed by atoms with Crippen molar-refractivity contribution in [2.75, 3.05) is 18.3 Å². The number of nitrogens with one attached hydrogen (secondary N) is 3. The molecule has 0 spiro atoms. The van der Waals surface area contributed by atoms with Gasteiger partial charge in [0.2, 0.25) is 0 Å². The number of hydrogen-bond acceptors (Lipinski definition) is 3. The number of benzene rings is 1. The van der Waals surface area contributed by atoms with Gasteiger partial charge in [-0.1, -0.05) is 19.1 Å². The number of rotatable bonds is 6. The zero-order valence-electron chi connectivity index (χ0n) is 10.3. The molecule has 1 atom stereocenters. The van der Waals surface area contributed by atoms with Gasteiger partial charge in [0.05, 0.1) is 5.69 Å². The molecule has 17 heavy (non-hydrogen) atoms. The summed E-state index contributed by atoms with van der Waals surface area (Å²) in [6, 6.07) is 7.49. The van der Waals surface area contributed by atoms with E-state index in [2.05, 4.69) is 14.8 Å². The highest BCUT2D eigenvalue weighted by molar-refractivity contribution is 7.90. The molecule has 0 radical (unpaired) electrons. The molecule has 0 amide bonds. The summed E-state index contributed by atoms with van der Waals surface area (Å²) < 4.78 is 27.9. The van der Waals surface area contributed by atoms with E-state index in [-0.39, 0.29) is 6.04 Å². The fourth-order valence-corrected chi connectivity index (χ4v) is 2.31. The zero-order valence-corrected chi connectivity index (χ0v) is 11.1. The lowest BCUT2D eigenvalue weighted by molar-refractivity contribution is 0.589. The molecule has 3 N–H and O–H groups in total. The molecule has 6 heteroatoms. The Hall–Kier alpha value is -1.11. The van der Waals surface area contributed by atoms with Crippen LogP contribution >= 0.6 is 0 Å². The van der Waals surface area contributed by atoms with Crippen molar-refractivity contribution in [2.24, 2.45) is 0 Å². The molecule has 96 valence electrons. The normalized spacial score (nSPS) is 13.4. The Morgan fingerprint density at radius 2 is 2.06 bits per heavy atom. The quantitative estimate of drug-likeness (QED) is 0.718. The Bertz CT molecular complexity index is 460. The van der Waals surface area contributed by atoms with E-state index < -0.39 is 10.2 Å². The molecule has 1 aromatic rings. The summed E-state index contributed by atoms with van der Waals surface area (Å²) in [6.45, 7) is 4.11. The van der Waals surface area contributed by atoms with Crippen molar-refractivity contribution in [3.8, 4) is 0 Å². The largest absolute Gasteiger partial charge is 0.313 e. The van der Waals surface area contributed by atoms with Crippen LogP contribution in [-0.2, 0) is 10.2 Å². The maximum Gasteiger partial charge on any atom is 0.299 e. The summed E-state index contributed by atoms with van der Waals surface area (Å²) in [4.78, 5) is 0. The van der Waals surface area contributed by atoms with E-state index in [1.807, 2.05) is 32.2 Å². The van der Waals surface area contributed by atoms with Crippen molar-refractivity contribution < 1.29 is 8.42 Å². The van der Waals surface area contributed by atoms with E-state index in [0.717, 1.165) is 5.56 Å². The predicted molar refractivity (Wildman–Crippen MR) is 70.1 cm³/mol. The molecule has 0 saturated carbocycles. The second-order valence-corrected chi connectivity index (χ2v) is 5.24. The van der Waals surface area contributed by atoms with Crippen molar-refractivity contribution in [3.63, 3.8) is 0 Å². The molecular weight excluding hydrogens is 238 g/mol. The summed E-state index contributed by atoms with van der Waals surface area (Å²) in [7, 11) is -1.59. The van der Waals surface area contributed by atoms with Crippen LogP contribution in [0.5, 0.6) is 0 Å². The summed E-state index contributed by atoms with van der Waals surface area (Å²) in [6.07, 6.45) is 0. The minimum Gasteiger partial charge on any atom is -0.313 e. The molecular formula is C11H19N3O2S. The Kier molecular flexibility index (Phi) is 4.92. The number of anilines is 1. The molecule has 0 aliphatic heterocycles. The lowest BCUT2D eigenvalue weighted by Crippen LogP contribution is -2.29. The SMILES string of the molecule is CCNS(=O)(=O)Nc1cccc(C(C)NC)c1. The summed E-state index contributed by atoms with van der Waals surface area (Å²) in [5.74, 6) is 0. The third kappa shape index (κ3) is 4.33. The minimum atomic E-state index is -3.45. The summed E-state index contributed by atoms with van der Waals surface area (Å²) in [5.41, 5.74) is 1.59. The van der Waals surface area contributed by atoms with Crippen LogP contribution in [0, 0.1) is 0 Å². The Morgan fingerprint density at radius 3 is 2.65 bits per heavy atom. The predicted octanol–water partition coefficient (Wildman–Crippen LogP) is 1.23. The Balaban J connectivity index is 2.86. The molecule has 0 heterocycles. The van der Waals surface area contributed by atoms with Gasteiger partial charge in [0.15, 0.2) is 0 Å². The van der Waals surface area contributed by atoms with Gasteiger partial charge in [-0.25, -0.2) is 0 Å². The molecule has 1 aromatic carbocycles. The van der Waals surface area contributed by atoms with E-state index >= 15 is 0 Å². The highest BCUT2D eigenvalue weighted by atomic mass is 32.2. The van der Waals surface area contributed by atoms with Crippen LogP contribution in [0.3, 0.4) is 0 Å². The molecule has 0 saturated heterocycles. The van der Waals surface area contributed by atoms with Crippen molar-refractivity contribution in [1.29, 1.82) is 0 Å². The van der Waals surface area contributed by atoms with Crippen LogP contribution in [0.1, 0.15) is 25.5 Å². The second-order valence-electron chi connectivity index (χ2n) is 3.74. The standard InChI is InChI=1S/C11H19N3O2S/c1-4-13-17(15,16)14-11-7-5-6-10(8-11)9(2)12-3/h5-9,12-14H,4H2,1-3H3. The van der Waals surface area contributed by atoms with E-state index in [1.54, 1.807) is 13.0 Å². The van der Waals surface area contributed by atoms with Gasteiger partial charge in [0, 0.05) is 12.6 Å². The molecule has 0 aromatic heterocycles. The molecule has 0 fully saturated rings. The van der Waals surface area contributed by atoms with Gasteiger partial charge in [0.25, 0.3) is 10.2 Å². The highest BCUT2D eigenvalue weighted by Crippen LogP contribution is 2.17. The summed E-state index contributed by atoms with van der Waals surface area (Å²) >= 11 is 0. The van der Waals surface area contributed by atoms with Crippen LogP contribution in [-0.4, -0.2) is 22.0 Å². The van der Waals surface area contributed by atoms with Crippen molar-refractivity contribution in [3.05, 3.63) is 29.8 Å². The Morgan fingerprint density at radius 1 is 1.35 bits per heavy atom. The highest BCUT2D eigenvalue weighted by Gasteiger charge is 2.09. The lowest BCUT2D eigenvalue weighted by atomic mass is 10.1. The second kappa shape index (κ2) is 6.00. The van der Waals surface area contributed by atoms with Gasteiger partial charge in [-0.05, 0) is 31.7 Å². The van der Waals surface area contributed by atoms with Gasteiger partial charge < -0.3 is 5.32 Å². The topological polar surface area (TPSA) is 70.2 Å². The first-order valence-electron chi connectivity index (χ1n) is 5.53. The van der Waals surface area contributed by atoms with Crippen molar-refractivity contribution in [2.45, 2.75) is 19.9 Å². The van der Waals surface area contributed by atoms with E-state index in [0.29, 0.717) is 12.2 Å². The average Bonchev–Trinajstić information content (AvgIpc) is 2.27. The zero-order chi connectivity index (χ0) is 12.9. The fraction of sp³-hybridized carbons (Fsp3) is 0.455. The smallest absolute Gasteiger partial charge is 0.299 e. The van der Waals surface area contributed by atoms with Crippen LogP contribution in [0.4, 0.5) is 5.69 Å². The van der Waals surface area contributed by atoms with Crippen LogP contribution < -0.4 is 14.8 Å². The maximum atomic E-state index is 11.5. The molecule has 0 aliphatic rings. The molecule has 0 aliphatic carbocycles. The van der Waals surface area contributed by atoms with Crippen LogP contribution in [0.25, 0.3) is 0 Å². The molecule has 1 rings (SSSR count). The summed E-state index contributed by atoms with van der Waals surface area (Å²) in [5, 5.41) is 3.10. The van der Waals surface area contributed by atoms with Gasteiger partial charge in [0.1, 0.15) is 0 Å². The van der Waals surface area contributed by atoms with E-state index in [9.17, 15) is 8.42 Å². The first-order valence-corrected chi connectivity index (χ1v) is 7.01. The van der Waals surface area contributed by atoms with Gasteiger partial charge >= 0.3 is 0 Å². The van der Waals surface area contributed by atoms with E-state index in [1.165, 1.54) is 0 Å². The van der Waals surface area contributed by atoms with Crippen LogP contribution in [0.2, 0.25) is 0 Å². The van der Waals surface area contributed by atoms with Crippen molar-refractivity contribution >= 4 is 15.9 Å². The number of hydrogen-bond donors (Lipinski definition) is 3. The van der Waals surface area contributed by atoms with Gasteiger partial charge in [-0.3, -0.25) is 4.72 Å². The van der Waals surface area contributed by atoms with Gasteiger partial charge in [-0.15, -0.1) is 0 Å². The van der Waals surface area contributed by atoms with E-state index in [4.69, 9.17) is 0 Å².